The number of alkyl halides is 3. The summed E-state index contributed by atoms with van der Waals surface area (Å²) >= 11 is 0. The highest BCUT2D eigenvalue weighted by Gasteiger charge is 2.69. The molecule has 6 heteroatoms. The van der Waals surface area contributed by atoms with Crippen molar-refractivity contribution < 1.29 is 27.7 Å². The maximum absolute atomic E-state index is 13.8. The molecular formula is C18H15F3O3. The minimum atomic E-state index is -4.77. The van der Waals surface area contributed by atoms with Crippen molar-refractivity contribution in [3.63, 3.8) is 0 Å². The van der Waals surface area contributed by atoms with E-state index >= 15 is 0 Å². The Labute approximate surface area is 136 Å². The smallest absolute Gasteiger partial charge is 0.303 e. The molecule has 1 saturated carbocycles. The first-order valence-corrected chi connectivity index (χ1v) is 7.68. The van der Waals surface area contributed by atoms with Crippen molar-refractivity contribution in [3.05, 3.63) is 71.8 Å². The van der Waals surface area contributed by atoms with Gasteiger partial charge in [-0.25, -0.2) is 0 Å². The third-order valence-electron chi connectivity index (χ3n) is 4.64. The summed E-state index contributed by atoms with van der Waals surface area (Å²) in [5.41, 5.74) is 0.164. The van der Waals surface area contributed by atoms with Crippen molar-refractivity contribution in [1.29, 1.82) is 0 Å². The Balaban J connectivity index is 1.69. The van der Waals surface area contributed by atoms with Crippen LogP contribution in [0.5, 0.6) is 0 Å². The maximum Gasteiger partial charge on any atom is 0.451 e. The third-order valence-corrected chi connectivity index (χ3v) is 4.64. The van der Waals surface area contributed by atoms with Gasteiger partial charge in [0.05, 0.1) is 0 Å². The Kier molecular flexibility index (Phi) is 3.46. The van der Waals surface area contributed by atoms with Crippen LogP contribution in [-0.4, -0.2) is 12.5 Å². The lowest BCUT2D eigenvalue weighted by atomic mass is 9.95. The lowest BCUT2D eigenvalue weighted by Gasteiger charge is -2.28. The summed E-state index contributed by atoms with van der Waals surface area (Å²) in [5.74, 6) is -2.90. The zero-order valence-corrected chi connectivity index (χ0v) is 12.6. The Bertz CT molecular complexity index is 713. The van der Waals surface area contributed by atoms with Crippen molar-refractivity contribution in [3.8, 4) is 0 Å². The van der Waals surface area contributed by atoms with E-state index in [0.717, 1.165) is 5.56 Å². The highest BCUT2D eigenvalue weighted by atomic mass is 19.4. The van der Waals surface area contributed by atoms with E-state index in [-0.39, 0.29) is 5.56 Å². The molecule has 1 saturated heterocycles. The van der Waals surface area contributed by atoms with Gasteiger partial charge in [-0.1, -0.05) is 60.7 Å². The van der Waals surface area contributed by atoms with E-state index in [0.29, 0.717) is 12.8 Å². The van der Waals surface area contributed by atoms with Crippen LogP contribution in [0.25, 0.3) is 0 Å². The second-order valence-electron chi connectivity index (χ2n) is 6.13. The van der Waals surface area contributed by atoms with Crippen LogP contribution in [0.1, 0.15) is 24.0 Å². The van der Waals surface area contributed by atoms with Crippen molar-refractivity contribution >= 4 is 0 Å². The Morgan fingerprint density at radius 1 is 0.833 bits per heavy atom. The molecule has 2 aromatic carbocycles. The normalized spacial score (nSPS) is 28.7. The van der Waals surface area contributed by atoms with E-state index in [4.69, 9.17) is 14.5 Å². The molecule has 0 aromatic heterocycles. The summed E-state index contributed by atoms with van der Waals surface area (Å²) in [4.78, 5) is 9.89. The van der Waals surface area contributed by atoms with E-state index in [1.807, 2.05) is 30.3 Å². The minimum absolute atomic E-state index is 0.135. The monoisotopic (exact) mass is 336 g/mol. The molecule has 1 aliphatic carbocycles. The molecular weight excluding hydrogens is 321 g/mol. The van der Waals surface area contributed by atoms with Crippen LogP contribution in [0.15, 0.2) is 60.7 Å². The van der Waals surface area contributed by atoms with Gasteiger partial charge in [0.15, 0.2) is 0 Å². The average molecular weight is 336 g/mol. The largest absolute Gasteiger partial charge is 0.451 e. The van der Waals surface area contributed by atoms with Gasteiger partial charge >= 0.3 is 12.0 Å². The maximum atomic E-state index is 13.8. The first-order valence-electron chi connectivity index (χ1n) is 7.68. The standard InChI is InChI=1S/C18H15F3O3/c19-18(20,21)17(14-9-5-2-6-10-14)22-15(23-24-17)16(11-12-16)13-7-3-1-4-8-13/h1-10,15H,11-12H2. The topological polar surface area (TPSA) is 27.7 Å². The summed E-state index contributed by atoms with van der Waals surface area (Å²) < 4.78 is 46.7. The van der Waals surface area contributed by atoms with Crippen LogP contribution < -0.4 is 0 Å². The summed E-state index contributed by atoms with van der Waals surface area (Å²) in [7, 11) is 0. The summed E-state index contributed by atoms with van der Waals surface area (Å²) in [5, 5.41) is 0. The second kappa shape index (κ2) is 5.31. The minimum Gasteiger partial charge on any atom is -0.303 e. The van der Waals surface area contributed by atoms with E-state index < -0.39 is 23.7 Å². The van der Waals surface area contributed by atoms with Gasteiger partial charge in [0.1, 0.15) is 0 Å². The molecule has 2 aliphatic rings. The van der Waals surface area contributed by atoms with Crippen molar-refractivity contribution in [2.75, 3.05) is 0 Å². The van der Waals surface area contributed by atoms with Crippen LogP contribution >= 0.6 is 0 Å². The van der Waals surface area contributed by atoms with Gasteiger partial charge in [-0.3, -0.25) is 0 Å². The van der Waals surface area contributed by atoms with Crippen molar-refractivity contribution in [2.45, 2.75) is 36.5 Å². The van der Waals surface area contributed by atoms with Gasteiger partial charge in [0, 0.05) is 11.0 Å². The molecule has 0 bridgehead atoms. The zero-order chi connectivity index (χ0) is 16.8. The number of rotatable bonds is 3. The quantitative estimate of drug-likeness (QED) is 0.776. The molecule has 2 aromatic rings. The molecule has 4 rings (SSSR count). The van der Waals surface area contributed by atoms with E-state index in [1.54, 1.807) is 6.07 Å². The van der Waals surface area contributed by atoms with Crippen LogP contribution in [0, 0.1) is 0 Å². The van der Waals surface area contributed by atoms with Gasteiger partial charge in [0.2, 0.25) is 6.29 Å². The first kappa shape index (κ1) is 15.6. The SMILES string of the molecule is FC(F)(F)C1(c2ccccc2)OOC(C2(c3ccccc3)CC2)O1. The molecule has 1 aliphatic heterocycles. The van der Waals surface area contributed by atoms with Gasteiger partial charge in [-0.05, 0) is 18.4 Å². The Morgan fingerprint density at radius 2 is 1.38 bits per heavy atom. The molecule has 2 fully saturated rings. The van der Waals surface area contributed by atoms with E-state index in [2.05, 4.69) is 0 Å². The molecule has 2 unspecified atom stereocenters. The summed E-state index contributed by atoms with van der Waals surface area (Å²) in [6.07, 6.45) is -4.50. The number of benzene rings is 2. The molecule has 0 amide bonds. The predicted octanol–water partition coefficient (Wildman–Crippen LogP) is 4.44. The first-order chi connectivity index (χ1) is 11.5. The van der Waals surface area contributed by atoms with Gasteiger partial charge in [0.25, 0.3) is 0 Å². The fourth-order valence-electron chi connectivity index (χ4n) is 3.12. The second-order valence-corrected chi connectivity index (χ2v) is 6.13. The number of hydrogen-bond donors (Lipinski definition) is 0. The molecule has 2 atom stereocenters. The van der Waals surface area contributed by atoms with Crippen molar-refractivity contribution in [2.24, 2.45) is 0 Å². The molecule has 126 valence electrons. The zero-order valence-electron chi connectivity index (χ0n) is 12.6. The fraction of sp³-hybridized carbons (Fsp3) is 0.333. The highest BCUT2D eigenvalue weighted by Crippen LogP contribution is 2.58. The van der Waals surface area contributed by atoms with Crippen LogP contribution in [-0.2, 0) is 25.7 Å². The predicted molar refractivity (Wildman–Crippen MR) is 78.6 cm³/mol. The van der Waals surface area contributed by atoms with Gasteiger partial charge in [-0.15, -0.1) is 0 Å². The third kappa shape index (κ3) is 2.25. The Hall–Kier alpha value is -1.89. The number of ether oxygens (including phenoxy) is 1. The number of hydrogen-bond acceptors (Lipinski definition) is 3. The average Bonchev–Trinajstić information content (AvgIpc) is 3.27. The van der Waals surface area contributed by atoms with Gasteiger partial charge in [-0.2, -0.15) is 22.9 Å². The van der Waals surface area contributed by atoms with Crippen molar-refractivity contribution in [1.82, 2.24) is 0 Å². The molecule has 3 nitrogen and oxygen atoms in total. The lowest BCUT2D eigenvalue weighted by Crippen LogP contribution is -2.44. The van der Waals surface area contributed by atoms with Gasteiger partial charge < -0.3 is 4.74 Å². The van der Waals surface area contributed by atoms with Crippen LogP contribution in [0.3, 0.4) is 0 Å². The molecule has 0 N–H and O–H groups in total. The lowest BCUT2D eigenvalue weighted by molar-refractivity contribution is -0.419. The molecule has 0 radical (unpaired) electrons. The molecule has 0 spiro atoms. The highest BCUT2D eigenvalue weighted by molar-refractivity contribution is 5.33. The molecule has 24 heavy (non-hydrogen) atoms. The van der Waals surface area contributed by atoms with E-state index in [1.165, 1.54) is 24.3 Å². The van der Waals surface area contributed by atoms with Crippen LogP contribution in [0.2, 0.25) is 0 Å². The fourth-order valence-corrected chi connectivity index (χ4v) is 3.12. The molecule has 1 heterocycles. The van der Waals surface area contributed by atoms with E-state index in [9.17, 15) is 13.2 Å². The van der Waals surface area contributed by atoms with Crippen LogP contribution in [0.4, 0.5) is 13.2 Å². The Morgan fingerprint density at radius 3 is 1.88 bits per heavy atom. The summed E-state index contributed by atoms with van der Waals surface area (Å²) in [6.45, 7) is 0. The number of halogens is 3. The summed E-state index contributed by atoms with van der Waals surface area (Å²) in [6, 6.07) is 16.6.